The van der Waals surface area contributed by atoms with Crippen LogP contribution in [0.3, 0.4) is 0 Å². The Hall–Kier alpha value is -1.91. The van der Waals surface area contributed by atoms with Crippen molar-refractivity contribution in [2.75, 3.05) is 14.2 Å². The second-order valence-corrected chi connectivity index (χ2v) is 5.81. The Morgan fingerprint density at radius 2 is 1.65 bits per heavy atom. The summed E-state index contributed by atoms with van der Waals surface area (Å²) in [4.78, 5) is 12.5. The van der Waals surface area contributed by atoms with Crippen molar-refractivity contribution in [3.05, 3.63) is 57.6 Å². The van der Waals surface area contributed by atoms with Crippen molar-refractivity contribution < 1.29 is 14.3 Å². The van der Waals surface area contributed by atoms with Crippen molar-refractivity contribution in [2.24, 2.45) is 0 Å². The lowest BCUT2D eigenvalue weighted by molar-refractivity contribution is 0.0939. The number of rotatable bonds is 5. The van der Waals surface area contributed by atoms with Gasteiger partial charge in [0, 0.05) is 21.7 Å². The molecule has 0 aliphatic rings. The molecule has 0 radical (unpaired) electrons. The fourth-order valence-corrected chi connectivity index (χ4v) is 2.72. The van der Waals surface area contributed by atoms with E-state index in [1.165, 1.54) is 14.2 Å². The molecule has 2 rings (SSSR count). The SMILES string of the molecule is COc1cc(OC)cc(C(=O)N[C@@H](C)c2ccc(Cl)cc2Cl)c1. The molecule has 6 heteroatoms. The van der Waals surface area contributed by atoms with Gasteiger partial charge in [-0.3, -0.25) is 4.79 Å². The second kappa shape index (κ2) is 7.57. The summed E-state index contributed by atoms with van der Waals surface area (Å²) in [5.74, 6) is 0.846. The molecule has 0 heterocycles. The number of methoxy groups -OCH3 is 2. The average molecular weight is 354 g/mol. The molecule has 0 unspecified atom stereocenters. The molecule has 0 aliphatic heterocycles. The van der Waals surface area contributed by atoms with Crippen LogP contribution in [0.2, 0.25) is 10.0 Å². The summed E-state index contributed by atoms with van der Waals surface area (Å²) in [6, 6.07) is 9.90. The number of hydrogen-bond donors (Lipinski definition) is 1. The molecule has 122 valence electrons. The molecule has 0 saturated carbocycles. The van der Waals surface area contributed by atoms with Crippen molar-refractivity contribution in [2.45, 2.75) is 13.0 Å². The summed E-state index contributed by atoms with van der Waals surface area (Å²) in [5.41, 5.74) is 1.23. The van der Waals surface area contributed by atoms with Crippen LogP contribution in [0, 0.1) is 0 Å². The van der Waals surface area contributed by atoms with Gasteiger partial charge in [-0.05, 0) is 36.8 Å². The Labute approximate surface area is 145 Å². The Bertz CT molecular complexity index is 697. The quantitative estimate of drug-likeness (QED) is 0.860. The van der Waals surface area contributed by atoms with E-state index in [-0.39, 0.29) is 11.9 Å². The third kappa shape index (κ3) is 4.30. The number of hydrogen-bond acceptors (Lipinski definition) is 3. The van der Waals surface area contributed by atoms with Crippen molar-refractivity contribution in [1.82, 2.24) is 5.32 Å². The normalized spacial score (nSPS) is 11.7. The van der Waals surface area contributed by atoms with Gasteiger partial charge in [0.25, 0.3) is 5.91 Å². The maximum atomic E-state index is 12.5. The molecule has 0 saturated heterocycles. The first-order chi connectivity index (χ1) is 10.9. The zero-order chi connectivity index (χ0) is 17.0. The highest BCUT2D eigenvalue weighted by atomic mass is 35.5. The largest absolute Gasteiger partial charge is 0.497 e. The van der Waals surface area contributed by atoms with Crippen LogP contribution >= 0.6 is 23.2 Å². The summed E-state index contributed by atoms with van der Waals surface area (Å²) in [6.07, 6.45) is 0. The van der Waals surface area contributed by atoms with E-state index >= 15 is 0 Å². The fourth-order valence-electron chi connectivity index (χ4n) is 2.15. The number of amides is 1. The van der Waals surface area contributed by atoms with Crippen LogP contribution in [0.1, 0.15) is 28.9 Å². The molecule has 1 atom stereocenters. The molecule has 1 amide bonds. The number of carbonyl (C=O) groups excluding carboxylic acids is 1. The molecule has 4 nitrogen and oxygen atoms in total. The highest BCUT2D eigenvalue weighted by molar-refractivity contribution is 6.35. The second-order valence-electron chi connectivity index (χ2n) is 4.96. The number of nitrogens with one attached hydrogen (secondary N) is 1. The Balaban J connectivity index is 2.21. The van der Waals surface area contributed by atoms with Crippen LogP contribution in [0.4, 0.5) is 0 Å². The first-order valence-corrected chi connectivity index (χ1v) is 7.69. The predicted octanol–water partition coefficient (Wildman–Crippen LogP) is 4.50. The van der Waals surface area contributed by atoms with Gasteiger partial charge in [-0.25, -0.2) is 0 Å². The molecule has 0 aromatic heterocycles. The van der Waals surface area contributed by atoms with Crippen LogP contribution < -0.4 is 14.8 Å². The summed E-state index contributed by atoms with van der Waals surface area (Å²) in [6.45, 7) is 1.85. The van der Waals surface area contributed by atoms with Gasteiger partial charge in [0.15, 0.2) is 0 Å². The highest BCUT2D eigenvalue weighted by Gasteiger charge is 2.16. The first kappa shape index (κ1) is 17.4. The topological polar surface area (TPSA) is 47.6 Å². The Morgan fingerprint density at radius 1 is 1.04 bits per heavy atom. The zero-order valence-electron chi connectivity index (χ0n) is 13.0. The molecule has 2 aromatic carbocycles. The molecule has 0 spiro atoms. The third-order valence-electron chi connectivity index (χ3n) is 3.39. The minimum Gasteiger partial charge on any atom is -0.497 e. The molecular weight excluding hydrogens is 337 g/mol. The Morgan fingerprint density at radius 3 is 2.17 bits per heavy atom. The molecule has 23 heavy (non-hydrogen) atoms. The van der Waals surface area contributed by atoms with Gasteiger partial charge in [-0.1, -0.05) is 29.3 Å². The molecule has 1 N–H and O–H groups in total. The van der Waals surface area contributed by atoms with E-state index in [9.17, 15) is 4.79 Å². The van der Waals surface area contributed by atoms with Gasteiger partial charge in [-0.2, -0.15) is 0 Å². The van der Waals surface area contributed by atoms with Gasteiger partial charge in [0.1, 0.15) is 11.5 Å². The number of halogens is 2. The molecule has 0 bridgehead atoms. The van der Waals surface area contributed by atoms with E-state index in [0.29, 0.717) is 27.1 Å². The summed E-state index contributed by atoms with van der Waals surface area (Å²) >= 11 is 12.1. The lowest BCUT2D eigenvalue weighted by atomic mass is 10.1. The molecular formula is C17H17Cl2NO3. The molecule has 0 fully saturated rings. The van der Waals surface area contributed by atoms with Gasteiger partial charge >= 0.3 is 0 Å². The summed E-state index contributed by atoms with van der Waals surface area (Å²) < 4.78 is 10.3. The van der Waals surface area contributed by atoms with Crippen LogP contribution in [0.25, 0.3) is 0 Å². The summed E-state index contributed by atoms with van der Waals surface area (Å²) in [7, 11) is 3.07. The standard InChI is InChI=1S/C17H17Cl2NO3/c1-10(15-5-4-12(18)8-16(15)19)20-17(21)11-6-13(22-2)9-14(7-11)23-3/h4-10H,1-3H3,(H,20,21)/t10-/m0/s1. The van der Waals surface area contributed by atoms with Gasteiger partial charge in [0.05, 0.1) is 20.3 Å². The van der Waals surface area contributed by atoms with Gasteiger partial charge in [-0.15, -0.1) is 0 Å². The fraction of sp³-hybridized carbons (Fsp3) is 0.235. The smallest absolute Gasteiger partial charge is 0.252 e. The zero-order valence-corrected chi connectivity index (χ0v) is 14.5. The van der Waals surface area contributed by atoms with Gasteiger partial charge < -0.3 is 14.8 Å². The van der Waals surface area contributed by atoms with E-state index in [4.69, 9.17) is 32.7 Å². The number of benzene rings is 2. The lowest BCUT2D eigenvalue weighted by Crippen LogP contribution is -2.26. The summed E-state index contributed by atoms with van der Waals surface area (Å²) in [5, 5.41) is 3.96. The highest BCUT2D eigenvalue weighted by Crippen LogP contribution is 2.27. The maximum Gasteiger partial charge on any atom is 0.252 e. The average Bonchev–Trinajstić information content (AvgIpc) is 2.53. The van der Waals surface area contributed by atoms with Crippen molar-refractivity contribution in [1.29, 1.82) is 0 Å². The van der Waals surface area contributed by atoms with E-state index in [1.54, 1.807) is 36.4 Å². The van der Waals surface area contributed by atoms with Crippen molar-refractivity contribution in [3.63, 3.8) is 0 Å². The Kier molecular flexibility index (Phi) is 5.74. The van der Waals surface area contributed by atoms with Crippen LogP contribution in [-0.4, -0.2) is 20.1 Å². The van der Waals surface area contributed by atoms with Crippen LogP contribution in [-0.2, 0) is 0 Å². The van der Waals surface area contributed by atoms with Crippen molar-refractivity contribution >= 4 is 29.1 Å². The van der Waals surface area contributed by atoms with E-state index in [0.717, 1.165) is 5.56 Å². The van der Waals surface area contributed by atoms with E-state index in [2.05, 4.69) is 5.32 Å². The van der Waals surface area contributed by atoms with E-state index < -0.39 is 0 Å². The monoisotopic (exact) mass is 353 g/mol. The first-order valence-electron chi connectivity index (χ1n) is 6.93. The maximum absolute atomic E-state index is 12.5. The number of carbonyl (C=O) groups is 1. The lowest BCUT2D eigenvalue weighted by Gasteiger charge is -2.16. The van der Waals surface area contributed by atoms with Crippen molar-refractivity contribution in [3.8, 4) is 11.5 Å². The van der Waals surface area contributed by atoms with E-state index in [1.807, 2.05) is 6.92 Å². The molecule has 2 aromatic rings. The minimum absolute atomic E-state index is 0.249. The predicted molar refractivity (Wildman–Crippen MR) is 91.9 cm³/mol. The molecule has 0 aliphatic carbocycles. The van der Waals surface area contributed by atoms with Crippen LogP contribution in [0.5, 0.6) is 11.5 Å². The minimum atomic E-state index is -0.274. The third-order valence-corrected chi connectivity index (χ3v) is 3.95. The van der Waals surface area contributed by atoms with Gasteiger partial charge in [0.2, 0.25) is 0 Å². The van der Waals surface area contributed by atoms with Crippen LogP contribution in [0.15, 0.2) is 36.4 Å². The number of ether oxygens (including phenoxy) is 2.